The summed E-state index contributed by atoms with van der Waals surface area (Å²) >= 11 is 0. The number of hydrogen-bond donors (Lipinski definition) is 1. The molecule has 11 heteroatoms. The third-order valence-corrected chi connectivity index (χ3v) is 6.58. The molecule has 1 aromatic carbocycles. The van der Waals surface area contributed by atoms with Gasteiger partial charge in [0.2, 0.25) is 5.89 Å². The highest BCUT2D eigenvalue weighted by atomic mass is 19.3. The van der Waals surface area contributed by atoms with E-state index < -0.39 is 47.1 Å². The minimum absolute atomic E-state index is 0.100. The van der Waals surface area contributed by atoms with Gasteiger partial charge in [-0.25, -0.2) is 18.0 Å². The van der Waals surface area contributed by atoms with Crippen molar-refractivity contribution < 1.29 is 31.9 Å². The van der Waals surface area contributed by atoms with Crippen LogP contribution in [0.3, 0.4) is 0 Å². The van der Waals surface area contributed by atoms with Crippen LogP contribution in [0, 0.1) is 18.7 Å². The number of Topliss-reactive ketones (excluding diaryl/α,β-unsaturated/α-hetero) is 1. The number of carbonyl (C=O) groups is 2. The van der Waals surface area contributed by atoms with Gasteiger partial charge in [0.05, 0.1) is 24.1 Å². The number of benzene rings is 1. The number of ketones is 1. The molecule has 5 rings (SSSR count). The number of fused-ring (bicyclic) bond motifs is 2. The lowest BCUT2D eigenvalue weighted by Gasteiger charge is -2.53. The average Bonchev–Trinajstić information content (AvgIpc) is 3.23. The lowest BCUT2D eigenvalue weighted by atomic mass is 9.58. The number of hydrogen-bond acceptors (Lipinski definition) is 7. The third kappa shape index (κ3) is 4.09. The van der Waals surface area contributed by atoms with E-state index in [-0.39, 0.29) is 28.8 Å². The van der Waals surface area contributed by atoms with Crippen molar-refractivity contribution in [3.63, 3.8) is 0 Å². The first kappa shape index (κ1) is 23.2. The SMILES string of the molecule is COC(=O)N1CC2CC(c3nnc(-c4cc(C)c(C(F)(F)CC(N)C(C)=O)cc4F)o3)(C2)C1. The summed E-state index contributed by atoms with van der Waals surface area (Å²) in [5, 5.41) is 8.03. The van der Waals surface area contributed by atoms with Crippen LogP contribution in [-0.2, 0) is 20.9 Å². The summed E-state index contributed by atoms with van der Waals surface area (Å²) in [5.74, 6) is -4.58. The number of rotatable bonds is 6. The van der Waals surface area contributed by atoms with Gasteiger partial charge in [-0.2, -0.15) is 0 Å². The van der Waals surface area contributed by atoms with E-state index in [4.69, 9.17) is 14.9 Å². The summed E-state index contributed by atoms with van der Waals surface area (Å²) in [4.78, 5) is 24.8. The standard InChI is InChI=1S/C22H25F3N4O4/c1-11-4-14(16(23)5-15(11)22(24,25)8-17(26)12(2)30)18-27-28-19(33-18)21-6-13(7-21)9-29(10-21)20(31)32-3/h4-5,13,17H,6-10,26H2,1-3H3. The highest BCUT2D eigenvalue weighted by Crippen LogP contribution is 2.52. The molecule has 3 aliphatic rings. The first-order chi connectivity index (χ1) is 15.5. The Morgan fingerprint density at radius 1 is 1.36 bits per heavy atom. The maximum atomic E-state index is 14.9. The molecule has 2 saturated heterocycles. The number of carbonyl (C=O) groups excluding carboxylic acids is 2. The fourth-order valence-corrected chi connectivity index (χ4v) is 4.87. The van der Waals surface area contributed by atoms with Gasteiger partial charge in [0.1, 0.15) is 11.6 Å². The van der Waals surface area contributed by atoms with E-state index in [0.29, 0.717) is 13.1 Å². The van der Waals surface area contributed by atoms with Crippen LogP contribution in [0.15, 0.2) is 16.5 Å². The molecule has 0 spiro atoms. The molecule has 178 valence electrons. The predicted octanol–water partition coefficient (Wildman–Crippen LogP) is 3.31. The van der Waals surface area contributed by atoms with E-state index in [2.05, 4.69) is 10.2 Å². The zero-order valence-corrected chi connectivity index (χ0v) is 18.5. The van der Waals surface area contributed by atoms with E-state index in [1.54, 1.807) is 4.90 Å². The summed E-state index contributed by atoms with van der Waals surface area (Å²) < 4.78 is 54.8. The quantitative estimate of drug-likeness (QED) is 0.695. The molecule has 2 bridgehead atoms. The van der Waals surface area contributed by atoms with Gasteiger partial charge in [0.25, 0.3) is 11.8 Å². The van der Waals surface area contributed by atoms with Gasteiger partial charge in [-0.15, -0.1) is 10.2 Å². The molecule has 1 aromatic heterocycles. The van der Waals surface area contributed by atoms with Gasteiger partial charge in [0.15, 0.2) is 0 Å². The minimum atomic E-state index is -3.49. The molecule has 3 heterocycles. The smallest absolute Gasteiger partial charge is 0.409 e. The van der Waals surface area contributed by atoms with Crippen LogP contribution in [0.2, 0.25) is 0 Å². The van der Waals surface area contributed by atoms with Crippen LogP contribution in [0.5, 0.6) is 0 Å². The summed E-state index contributed by atoms with van der Waals surface area (Å²) in [5.41, 5.74) is 4.41. The number of alkyl halides is 2. The summed E-state index contributed by atoms with van der Waals surface area (Å²) in [6, 6.07) is 0.586. The highest BCUT2D eigenvalue weighted by molar-refractivity contribution is 5.81. The molecule has 1 amide bonds. The largest absolute Gasteiger partial charge is 0.453 e. The topological polar surface area (TPSA) is 112 Å². The second kappa shape index (κ2) is 8.12. The van der Waals surface area contributed by atoms with E-state index in [9.17, 15) is 22.8 Å². The van der Waals surface area contributed by atoms with Crippen molar-refractivity contribution in [3.05, 3.63) is 35.0 Å². The molecule has 1 atom stereocenters. The number of nitrogens with two attached hydrogens (primary N) is 1. The zero-order chi connectivity index (χ0) is 24.1. The number of aryl methyl sites for hydroxylation is 1. The van der Waals surface area contributed by atoms with Gasteiger partial charge in [0, 0.05) is 25.1 Å². The normalized spacial score (nSPS) is 23.1. The fraction of sp³-hybridized carbons (Fsp3) is 0.545. The Balaban J connectivity index is 1.60. The summed E-state index contributed by atoms with van der Waals surface area (Å²) in [6.45, 7) is 3.48. The lowest BCUT2D eigenvalue weighted by Crippen LogP contribution is -2.60. The first-order valence-electron chi connectivity index (χ1n) is 10.6. The van der Waals surface area contributed by atoms with Crippen molar-refractivity contribution in [1.82, 2.24) is 15.1 Å². The molecule has 1 unspecified atom stereocenters. The molecular weight excluding hydrogens is 441 g/mol. The number of halogens is 3. The van der Waals surface area contributed by atoms with Crippen LogP contribution in [0.1, 0.15) is 43.2 Å². The van der Waals surface area contributed by atoms with Crippen LogP contribution in [0.25, 0.3) is 11.5 Å². The van der Waals surface area contributed by atoms with Crippen molar-refractivity contribution in [1.29, 1.82) is 0 Å². The Morgan fingerprint density at radius 2 is 2.06 bits per heavy atom. The van der Waals surface area contributed by atoms with Gasteiger partial charge in [-0.1, -0.05) is 0 Å². The fourth-order valence-electron chi connectivity index (χ4n) is 4.87. The molecule has 0 radical (unpaired) electrons. The Bertz CT molecular complexity index is 1100. The maximum Gasteiger partial charge on any atom is 0.409 e. The summed E-state index contributed by atoms with van der Waals surface area (Å²) in [7, 11) is 1.31. The van der Waals surface area contributed by atoms with Crippen molar-refractivity contribution in [3.8, 4) is 11.5 Å². The molecule has 2 aromatic rings. The van der Waals surface area contributed by atoms with Crippen LogP contribution in [0.4, 0.5) is 18.0 Å². The monoisotopic (exact) mass is 466 g/mol. The average molecular weight is 466 g/mol. The molecule has 2 aliphatic heterocycles. The number of amides is 1. The van der Waals surface area contributed by atoms with Gasteiger partial charge in [-0.3, -0.25) is 4.79 Å². The Morgan fingerprint density at radius 3 is 2.70 bits per heavy atom. The Hall–Kier alpha value is -2.95. The van der Waals surface area contributed by atoms with Crippen molar-refractivity contribution in [2.45, 2.75) is 50.5 Å². The van der Waals surface area contributed by atoms with E-state index in [1.807, 2.05) is 0 Å². The van der Waals surface area contributed by atoms with Crippen LogP contribution in [-0.4, -0.2) is 53.2 Å². The number of ether oxygens (including phenoxy) is 1. The molecular formula is C22H25F3N4O4. The van der Waals surface area contributed by atoms with Crippen LogP contribution >= 0.6 is 0 Å². The van der Waals surface area contributed by atoms with Crippen molar-refractivity contribution >= 4 is 11.9 Å². The number of aromatic nitrogens is 2. The molecule has 8 nitrogen and oxygen atoms in total. The van der Waals surface area contributed by atoms with Crippen molar-refractivity contribution in [2.24, 2.45) is 11.7 Å². The minimum Gasteiger partial charge on any atom is -0.453 e. The maximum absolute atomic E-state index is 14.9. The number of piperidine rings is 2. The molecule has 1 aliphatic carbocycles. The molecule has 33 heavy (non-hydrogen) atoms. The van der Waals surface area contributed by atoms with Crippen molar-refractivity contribution in [2.75, 3.05) is 20.2 Å². The second-order valence-corrected chi connectivity index (χ2v) is 9.09. The summed E-state index contributed by atoms with van der Waals surface area (Å²) in [6.07, 6.45) is 0.148. The highest BCUT2D eigenvalue weighted by Gasteiger charge is 2.55. The lowest BCUT2D eigenvalue weighted by molar-refractivity contribution is -0.121. The second-order valence-electron chi connectivity index (χ2n) is 9.09. The van der Waals surface area contributed by atoms with E-state index in [0.717, 1.165) is 25.8 Å². The Kier molecular flexibility index (Phi) is 5.71. The Labute approximate surface area is 188 Å². The first-order valence-corrected chi connectivity index (χ1v) is 10.6. The third-order valence-electron chi connectivity index (χ3n) is 6.58. The van der Waals surface area contributed by atoms with Gasteiger partial charge >= 0.3 is 6.09 Å². The number of nitrogens with zero attached hydrogens (tertiary/aromatic N) is 3. The van der Waals surface area contributed by atoms with Gasteiger partial charge in [-0.05, 0) is 50.3 Å². The van der Waals surface area contributed by atoms with Crippen LogP contribution < -0.4 is 5.73 Å². The number of methoxy groups -OCH3 is 1. The van der Waals surface area contributed by atoms with E-state index in [1.165, 1.54) is 20.1 Å². The van der Waals surface area contributed by atoms with E-state index >= 15 is 0 Å². The zero-order valence-electron chi connectivity index (χ0n) is 18.5. The molecule has 3 fully saturated rings. The molecule has 1 saturated carbocycles. The molecule has 2 N–H and O–H groups in total. The van der Waals surface area contributed by atoms with Gasteiger partial charge < -0.3 is 19.8 Å². The predicted molar refractivity (Wildman–Crippen MR) is 110 cm³/mol.